The molecular formula is C18H19Cl2NO3S. The van der Waals surface area contributed by atoms with Gasteiger partial charge in [0.15, 0.2) is 9.84 Å². The van der Waals surface area contributed by atoms with Crippen LogP contribution in [0.4, 0.5) is 5.69 Å². The van der Waals surface area contributed by atoms with E-state index < -0.39 is 21.0 Å². The van der Waals surface area contributed by atoms with Crippen molar-refractivity contribution in [2.45, 2.75) is 24.9 Å². The van der Waals surface area contributed by atoms with E-state index in [1.54, 1.807) is 43.3 Å². The predicted molar refractivity (Wildman–Crippen MR) is 103 cm³/mol. The maximum atomic E-state index is 12.7. The van der Waals surface area contributed by atoms with Crippen LogP contribution in [0.2, 0.25) is 10.0 Å². The summed E-state index contributed by atoms with van der Waals surface area (Å²) in [4.78, 5) is 14.2. The van der Waals surface area contributed by atoms with Gasteiger partial charge in [-0.2, -0.15) is 0 Å². The molecule has 0 saturated carbocycles. The molecule has 0 unspecified atom stereocenters. The van der Waals surface area contributed by atoms with Crippen LogP contribution in [-0.4, -0.2) is 26.1 Å². The molecule has 0 spiro atoms. The average Bonchev–Trinajstić information content (AvgIpc) is 2.58. The summed E-state index contributed by atoms with van der Waals surface area (Å²) in [5.41, 5.74) is 1.09. The number of carbonyl (C=O) groups is 1. The van der Waals surface area contributed by atoms with E-state index in [4.69, 9.17) is 23.2 Å². The lowest BCUT2D eigenvalue weighted by Gasteiger charge is -2.24. The van der Waals surface area contributed by atoms with E-state index in [-0.39, 0.29) is 10.8 Å². The van der Waals surface area contributed by atoms with Crippen molar-refractivity contribution in [1.29, 1.82) is 0 Å². The van der Waals surface area contributed by atoms with Crippen LogP contribution in [0.1, 0.15) is 19.4 Å². The Hall–Kier alpha value is -1.56. The molecule has 25 heavy (non-hydrogen) atoms. The van der Waals surface area contributed by atoms with Crippen LogP contribution in [0, 0.1) is 0 Å². The Labute approximate surface area is 158 Å². The number of hydrogen-bond donors (Lipinski definition) is 0. The van der Waals surface area contributed by atoms with Gasteiger partial charge in [0, 0.05) is 22.3 Å². The molecule has 0 saturated heterocycles. The van der Waals surface area contributed by atoms with Gasteiger partial charge in [0.2, 0.25) is 5.91 Å². The van der Waals surface area contributed by atoms with Gasteiger partial charge in [-0.05, 0) is 43.7 Å². The van der Waals surface area contributed by atoms with Gasteiger partial charge in [0.1, 0.15) is 5.25 Å². The van der Waals surface area contributed by atoms with Crippen LogP contribution in [0.25, 0.3) is 0 Å². The monoisotopic (exact) mass is 399 g/mol. The number of rotatable bonds is 6. The standard InChI is InChI=1S/C18H19Cl2NO3S/c1-3-21(16-7-5-4-6-8-16)18(22)13(2)25(23,24)12-14-9-10-15(19)11-17(14)20/h4-11,13H,3,12H2,1-2H3/t13-/m1/s1. The van der Waals surface area contributed by atoms with Crippen LogP contribution >= 0.6 is 23.2 Å². The van der Waals surface area contributed by atoms with Gasteiger partial charge in [-0.3, -0.25) is 4.79 Å². The summed E-state index contributed by atoms with van der Waals surface area (Å²) < 4.78 is 25.4. The van der Waals surface area contributed by atoms with E-state index >= 15 is 0 Å². The molecule has 0 aliphatic rings. The minimum absolute atomic E-state index is 0.270. The van der Waals surface area contributed by atoms with Gasteiger partial charge >= 0.3 is 0 Å². The fourth-order valence-electron chi connectivity index (χ4n) is 2.43. The van der Waals surface area contributed by atoms with E-state index in [0.29, 0.717) is 22.8 Å². The third-order valence-electron chi connectivity index (χ3n) is 3.91. The second kappa shape index (κ2) is 8.21. The molecule has 7 heteroatoms. The van der Waals surface area contributed by atoms with Crippen molar-refractivity contribution < 1.29 is 13.2 Å². The Bertz CT molecular complexity index is 854. The first-order valence-corrected chi connectivity index (χ1v) is 10.2. The summed E-state index contributed by atoms with van der Waals surface area (Å²) in [7, 11) is -3.73. The summed E-state index contributed by atoms with van der Waals surface area (Å²) >= 11 is 11.9. The maximum absolute atomic E-state index is 12.7. The second-order valence-corrected chi connectivity index (χ2v) is 8.77. The molecule has 2 rings (SSSR count). The maximum Gasteiger partial charge on any atom is 0.245 e. The van der Waals surface area contributed by atoms with Gasteiger partial charge in [-0.15, -0.1) is 0 Å². The number of hydrogen-bond acceptors (Lipinski definition) is 3. The second-order valence-electron chi connectivity index (χ2n) is 5.60. The molecular weight excluding hydrogens is 381 g/mol. The van der Waals surface area contributed by atoms with Crippen molar-refractivity contribution in [3.63, 3.8) is 0 Å². The zero-order valence-electron chi connectivity index (χ0n) is 13.9. The first-order chi connectivity index (χ1) is 11.8. The number of anilines is 1. The Morgan fingerprint density at radius 3 is 2.32 bits per heavy atom. The minimum Gasteiger partial charge on any atom is -0.312 e. The molecule has 0 aliphatic carbocycles. The minimum atomic E-state index is -3.73. The van der Waals surface area contributed by atoms with Gasteiger partial charge in [-0.25, -0.2) is 8.42 Å². The molecule has 1 atom stereocenters. The smallest absolute Gasteiger partial charge is 0.245 e. The Balaban J connectivity index is 2.24. The van der Waals surface area contributed by atoms with Crippen molar-refractivity contribution in [2.24, 2.45) is 0 Å². The molecule has 0 bridgehead atoms. The van der Waals surface area contributed by atoms with Crippen LogP contribution in [0.5, 0.6) is 0 Å². The van der Waals surface area contributed by atoms with Crippen LogP contribution in [0.15, 0.2) is 48.5 Å². The largest absolute Gasteiger partial charge is 0.312 e. The number of nitrogens with zero attached hydrogens (tertiary/aromatic N) is 1. The van der Waals surface area contributed by atoms with Crippen LogP contribution in [-0.2, 0) is 20.4 Å². The Kier molecular flexibility index (Phi) is 6.49. The van der Waals surface area contributed by atoms with E-state index in [1.807, 2.05) is 6.07 Å². The molecule has 0 aromatic heterocycles. The van der Waals surface area contributed by atoms with Crippen molar-refractivity contribution in [2.75, 3.05) is 11.4 Å². The molecule has 0 aliphatic heterocycles. The summed E-state index contributed by atoms with van der Waals surface area (Å²) in [6.07, 6.45) is 0. The topological polar surface area (TPSA) is 54.5 Å². The van der Waals surface area contributed by atoms with Crippen molar-refractivity contribution in [1.82, 2.24) is 0 Å². The predicted octanol–water partition coefficient (Wildman–Crippen LogP) is 4.35. The highest BCUT2D eigenvalue weighted by molar-refractivity contribution is 7.92. The fourth-order valence-corrected chi connectivity index (χ4v) is 4.35. The van der Waals surface area contributed by atoms with Gasteiger partial charge < -0.3 is 4.90 Å². The zero-order valence-corrected chi connectivity index (χ0v) is 16.3. The quantitative estimate of drug-likeness (QED) is 0.725. The van der Waals surface area contributed by atoms with Crippen molar-refractivity contribution >= 4 is 44.6 Å². The third kappa shape index (κ3) is 4.75. The van der Waals surface area contributed by atoms with Crippen molar-refractivity contribution in [3.05, 3.63) is 64.1 Å². The first-order valence-electron chi connectivity index (χ1n) is 7.78. The van der Waals surface area contributed by atoms with E-state index in [0.717, 1.165) is 0 Å². The highest BCUT2D eigenvalue weighted by atomic mass is 35.5. The molecule has 0 N–H and O–H groups in total. The fraction of sp³-hybridized carbons (Fsp3) is 0.278. The van der Waals surface area contributed by atoms with Gasteiger partial charge in [-0.1, -0.05) is 47.5 Å². The van der Waals surface area contributed by atoms with E-state index in [9.17, 15) is 13.2 Å². The molecule has 2 aromatic carbocycles. The number of carbonyl (C=O) groups excluding carboxylic acids is 1. The molecule has 4 nitrogen and oxygen atoms in total. The van der Waals surface area contributed by atoms with Crippen LogP contribution in [0.3, 0.4) is 0 Å². The van der Waals surface area contributed by atoms with Gasteiger partial charge in [0.05, 0.1) is 5.75 Å². The summed E-state index contributed by atoms with van der Waals surface area (Å²) in [6, 6.07) is 13.6. The average molecular weight is 400 g/mol. The first kappa shape index (κ1) is 19.8. The van der Waals surface area contributed by atoms with Crippen molar-refractivity contribution in [3.8, 4) is 0 Å². The molecule has 134 valence electrons. The highest BCUT2D eigenvalue weighted by Crippen LogP contribution is 2.25. The normalized spacial score (nSPS) is 12.6. The molecule has 0 radical (unpaired) electrons. The van der Waals surface area contributed by atoms with Gasteiger partial charge in [0.25, 0.3) is 0 Å². The zero-order chi connectivity index (χ0) is 18.6. The number of benzene rings is 2. The molecule has 1 amide bonds. The Morgan fingerprint density at radius 2 is 1.76 bits per heavy atom. The molecule has 0 heterocycles. The number of amides is 1. The SMILES string of the molecule is CCN(C(=O)[C@@H](C)S(=O)(=O)Cc1ccc(Cl)cc1Cl)c1ccccc1. The lowest BCUT2D eigenvalue weighted by atomic mass is 10.2. The lowest BCUT2D eigenvalue weighted by Crippen LogP contribution is -2.42. The Morgan fingerprint density at radius 1 is 1.12 bits per heavy atom. The van der Waals surface area contributed by atoms with E-state index in [1.165, 1.54) is 17.9 Å². The molecule has 0 fully saturated rings. The summed E-state index contributed by atoms with van der Waals surface area (Å²) in [5, 5.41) is -0.484. The number of sulfone groups is 1. The number of halogens is 2. The lowest BCUT2D eigenvalue weighted by molar-refractivity contribution is -0.117. The van der Waals surface area contributed by atoms with Crippen LogP contribution < -0.4 is 4.90 Å². The number of para-hydroxylation sites is 1. The highest BCUT2D eigenvalue weighted by Gasteiger charge is 2.32. The summed E-state index contributed by atoms with van der Waals surface area (Å²) in [6.45, 7) is 3.60. The summed E-state index contributed by atoms with van der Waals surface area (Å²) in [5.74, 6) is -0.777. The third-order valence-corrected chi connectivity index (χ3v) is 6.49. The molecule has 2 aromatic rings. The van der Waals surface area contributed by atoms with E-state index in [2.05, 4.69) is 0 Å².